The molecule has 2 aromatic rings. The van der Waals surface area contributed by atoms with E-state index in [2.05, 4.69) is 5.32 Å². The van der Waals surface area contributed by atoms with Crippen molar-refractivity contribution in [3.05, 3.63) is 59.7 Å². The maximum absolute atomic E-state index is 11.9. The lowest BCUT2D eigenvalue weighted by molar-refractivity contribution is -0.119. The maximum Gasteiger partial charge on any atom is 0.338 e. The van der Waals surface area contributed by atoms with Crippen molar-refractivity contribution in [2.24, 2.45) is 5.14 Å². The summed E-state index contributed by atoms with van der Waals surface area (Å²) in [6.45, 7) is -0.534. The summed E-state index contributed by atoms with van der Waals surface area (Å²) in [4.78, 5) is 36.9. The third-order valence-electron chi connectivity index (χ3n) is 3.57. The Labute approximate surface area is 162 Å². The van der Waals surface area contributed by atoms with Gasteiger partial charge in [-0.15, -0.1) is 0 Å². The number of nitrogens with two attached hydrogens (primary N) is 1. The predicted octanol–water partition coefficient (Wildman–Crippen LogP) is 0.831. The van der Waals surface area contributed by atoms with E-state index in [1.165, 1.54) is 29.2 Å². The van der Waals surface area contributed by atoms with Crippen molar-refractivity contribution in [3.63, 3.8) is 0 Å². The van der Waals surface area contributed by atoms with Crippen molar-refractivity contribution in [1.29, 1.82) is 0 Å². The van der Waals surface area contributed by atoms with E-state index in [-0.39, 0.29) is 16.4 Å². The summed E-state index contributed by atoms with van der Waals surface area (Å²) >= 11 is 0. The van der Waals surface area contributed by atoms with E-state index in [1.807, 2.05) is 0 Å². The second-order valence-corrected chi connectivity index (χ2v) is 7.53. The molecule has 0 heterocycles. The van der Waals surface area contributed by atoms with Gasteiger partial charge in [0.15, 0.2) is 6.61 Å². The van der Waals surface area contributed by atoms with Crippen molar-refractivity contribution in [2.45, 2.75) is 4.90 Å². The van der Waals surface area contributed by atoms with E-state index in [4.69, 9.17) is 9.88 Å². The molecule has 28 heavy (non-hydrogen) atoms. The number of amides is 2. The van der Waals surface area contributed by atoms with Crippen LogP contribution in [0.15, 0.2) is 53.4 Å². The fraction of sp³-hybridized carbons (Fsp3) is 0.167. The second-order valence-electron chi connectivity index (χ2n) is 5.97. The van der Waals surface area contributed by atoms with Crippen LogP contribution in [0.25, 0.3) is 0 Å². The largest absolute Gasteiger partial charge is 0.452 e. The van der Waals surface area contributed by atoms with Crippen LogP contribution in [0.2, 0.25) is 0 Å². The standard InChI is InChI=1S/C18H19N3O6S/c1-21(2)17(23)12-3-7-14(8-4-12)20-16(22)11-27-18(24)13-5-9-15(10-6-13)28(19,25)26/h3-10H,11H2,1-2H3,(H,20,22)(H2,19,25,26). The Morgan fingerprint density at radius 3 is 2.00 bits per heavy atom. The van der Waals surface area contributed by atoms with E-state index < -0.39 is 28.5 Å². The number of hydrogen-bond donors (Lipinski definition) is 2. The Bertz CT molecular complexity index is 983. The summed E-state index contributed by atoms with van der Waals surface area (Å²) in [7, 11) is -0.591. The van der Waals surface area contributed by atoms with Gasteiger partial charge in [0.05, 0.1) is 10.5 Å². The fourth-order valence-corrected chi connectivity index (χ4v) is 2.66. The smallest absolute Gasteiger partial charge is 0.338 e. The Balaban J connectivity index is 1.90. The molecule has 0 saturated heterocycles. The first-order valence-electron chi connectivity index (χ1n) is 7.99. The molecule has 10 heteroatoms. The molecule has 0 aliphatic rings. The van der Waals surface area contributed by atoms with Gasteiger partial charge < -0.3 is 15.0 Å². The molecule has 0 radical (unpaired) electrons. The monoisotopic (exact) mass is 405 g/mol. The normalized spacial score (nSPS) is 10.8. The molecule has 0 spiro atoms. The molecular formula is C18H19N3O6S. The topological polar surface area (TPSA) is 136 Å². The van der Waals surface area contributed by atoms with Crippen LogP contribution in [0.3, 0.4) is 0 Å². The van der Waals surface area contributed by atoms with Crippen LogP contribution >= 0.6 is 0 Å². The first kappa shape index (κ1) is 21.1. The molecule has 148 valence electrons. The van der Waals surface area contributed by atoms with Gasteiger partial charge in [0.25, 0.3) is 11.8 Å². The lowest BCUT2D eigenvalue weighted by atomic mass is 10.2. The minimum Gasteiger partial charge on any atom is -0.452 e. The van der Waals surface area contributed by atoms with Crippen molar-refractivity contribution in [2.75, 3.05) is 26.0 Å². The molecule has 2 amide bonds. The molecule has 0 aliphatic carbocycles. The van der Waals surface area contributed by atoms with Crippen LogP contribution in [-0.2, 0) is 19.6 Å². The molecule has 3 N–H and O–H groups in total. The Kier molecular flexibility index (Phi) is 6.49. The van der Waals surface area contributed by atoms with Gasteiger partial charge in [-0.05, 0) is 48.5 Å². The van der Waals surface area contributed by atoms with Crippen LogP contribution in [-0.4, -0.2) is 51.8 Å². The quantitative estimate of drug-likeness (QED) is 0.683. The van der Waals surface area contributed by atoms with Gasteiger partial charge in [0.2, 0.25) is 10.0 Å². The summed E-state index contributed by atoms with van der Waals surface area (Å²) in [6, 6.07) is 11.1. The summed E-state index contributed by atoms with van der Waals surface area (Å²) in [6.07, 6.45) is 0. The molecular weight excluding hydrogens is 386 g/mol. The van der Waals surface area contributed by atoms with E-state index in [9.17, 15) is 22.8 Å². The molecule has 0 bridgehead atoms. The number of nitrogens with one attached hydrogen (secondary N) is 1. The number of primary sulfonamides is 1. The highest BCUT2D eigenvalue weighted by atomic mass is 32.2. The number of benzene rings is 2. The summed E-state index contributed by atoms with van der Waals surface area (Å²) in [5.41, 5.74) is 0.984. The number of anilines is 1. The molecule has 0 aromatic heterocycles. The van der Waals surface area contributed by atoms with Gasteiger partial charge in [-0.3, -0.25) is 9.59 Å². The molecule has 0 saturated carbocycles. The number of ether oxygens (including phenoxy) is 1. The highest BCUT2D eigenvalue weighted by Crippen LogP contribution is 2.12. The molecule has 0 atom stereocenters. The zero-order valence-electron chi connectivity index (χ0n) is 15.2. The van der Waals surface area contributed by atoms with Crippen molar-refractivity contribution in [1.82, 2.24) is 4.90 Å². The average molecular weight is 405 g/mol. The SMILES string of the molecule is CN(C)C(=O)c1ccc(NC(=O)COC(=O)c2ccc(S(N)(=O)=O)cc2)cc1. The molecule has 0 aliphatic heterocycles. The Morgan fingerprint density at radius 1 is 0.964 bits per heavy atom. The predicted molar refractivity (Wildman–Crippen MR) is 101 cm³/mol. The zero-order chi connectivity index (χ0) is 20.9. The minimum absolute atomic E-state index is 0.0757. The maximum atomic E-state index is 11.9. The fourth-order valence-electron chi connectivity index (χ4n) is 2.15. The van der Waals surface area contributed by atoms with Crippen LogP contribution in [0.4, 0.5) is 5.69 Å². The van der Waals surface area contributed by atoms with Gasteiger partial charge in [0, 0.05) is 25.3 Å². The molecule has 2 aromatic carbocycles. The number of esters is 1. The first-order chi connectivity index (χ1) is 13.1. The van der Waals surface area contributed by atoms with E-state index in [0.29, 0.717) is 11.3 Å². The Morgan fingerprint density at radius 2 is 1.50 bits per heavy atom. The zero-order valence-corrected chi connectivity index (χ0v) is 16.0. The molecule has 9 nitrogen and oxygen atoms in total. The van der Waals surface area contributed by atoms with Gasteiger partial charge in [-0.1, -0.05) is 0 Å². The second kappa shape index (κ2) is 8.63. The molecule has 0 unspecified atom stereocenters. The lowest BCUT2D eigenvalue weighted by Crippen LogP contribution is -2.22. The van der Waals surface area contributed by atoms with Gasteiger partial charge in [-0.25, -0.2) is 18.4 Å². The van der Waals surface area contributed by atoms with Gasteiger partial charge in [-0.2, -0.15) is 0 Å². The van der Waals surface area contributed by atoms with Gasteiger partial charge >= 0.3 is 5.97 Å². The summed E-state index contributed by atoms with van der Waals surface area (Å²) < 4.78 is 27.3. The van der Waals surface area contributed by atoms with E-state index in [0.717, 1.165) is 0 Å². The number of nitrogens with zero attached hydrogens (tertiary/aromatic N) is 1. The van der Waals surface area contributed by atoms with Gasteiger partial charge in [0.1, 0.15) is 0 Å². The minimum atomic E-state index is -3.86. The van der Waals surface area contributed by atoms with Crippen molar-refractivity contribution < 1.29 is 27.5 Å². The van der Waals surface area contributed by atoms with Crippen LogP contribution in [0, 0.1) is 0 Å². The number of sulfonamides is 1. The van der Waals surface area contributed by atoms with Crippen LogP contribution < -0.4 is 10.5 Å². The lowest BCUT2D eigenvalue weighted by Gasteiger charge is -2.11. The average Bonchev–Trinajstić information content (AvgIpc) is 2.65. The number of rotatable bonds is 6. The third-order valence-corrected chi connectivity index (χ3v) is 4.50. The highest BCUT2D eigenvalue weighted by Gasteiger charge is 2.13. The number of carbonyl (C=O) groups excluding carboxylic acids is 3. The highest BCUT2D eigenvalue weighted by molar-refractivity contribution is 7.89. The Hall–Kier alpha value is -3.24. The molecule has 0 fully saturated rings. The third kappa shape index (κ3) is 5.63. The first-order valence-corrected chi connectivity index (χ1v) is 9.54. The summed E-state index contributed by atoms with van der Waals surface area (Å²) in [5.74, 6) is -1.52. The van der Waals surface area contributed by atoms with E-state index in [1.54, 1.807) is 38.4 Å². The van der Waals surface area contributed by atoms with E-state index >= 15 is 0 Å². The molecule has 2 rings (SSSR count). The van der Waals surface area contributed by atoms with Crippen LogP contribution in [0.1, 0.15) is 20.7 Å². The summed E-state index contributed by atoms with van der Waals surface area (Å²) in [5, 5.41) is 7.51. The number of carbonyl (C=O) groups is 3. The van der Waals surface area contributed by atoms with Crippen LogP contribution in [0.5, 0.6) is 0 Å². The van der Waals surface area contributed by atoms with Crippen molar-refractivity contribution >= 4 is 33.5 Å². The number of hydrogen-bond acceptors (Lipinski definition) is 6. The van der Waals surface area contributed by atoms with Crippen molar-refractivity contribution in [3.8, 4) is 0 Å².